The molecule has 0 radical (unpaired) electrons. The van der Waals surface area contributed by atoms with Crippen molar-refractivity contribution in [2.75, 3.05) is 56.2 Å². The quantitative estimate of drug-likeness (QED) is 0.479. The fourth-order valence-corrected chi connectivity index (χ4v) is 7.05. The Morgan fingerprint density at radius 3 is 2.85 bits per heavy atom. The van der Waals surface area contributed by atoms with Gasteiger partial charge in [0.15, 0.2) is 0 Å². The molecular weight excluding hydrogens is 521 g/mol. The average Bonchev–Trinajstić information content (AvgIpc) is 3.61. The number of para-hydroxylation sites is 1. The van der Waals surface area contributed by atoms with Crippen LogP contribution < -0.4 is 14.5 Å². The fraction of sp³-hybridized carbons (Fsp3) is 0.548. The maximum absolute atomic E-state index is 14.9. The van der Waals surface area contributed by atoms with Crippen molar-refractivity contribution in [2.24, 2.45) is 0 Å². The van der Waals surface area contributed by atoms with Crippen molar-refractivity contribution in [3.05, 3.63) is 53.5 Å². The van der Waals surface area contributed by atoms with Crippen molar-refractivity contribution >= 4 is 17.4 Å². The van der Waals surface area contributed by atoms with E-state index in [9.17, 15) is 14.4 Å². The van der Waals surface area contributed by atoms with E-state index >= 15 is 0 Å². The number of anilines is 2. The predicted molar refractivity (Wildman–Crippen MR) is 155 cm³/mol. The second kappa shape index (κ2) is 11.6. The number of ether oxygens (including phenoxy) is 1. The standard InChI is InChI=1S/C31H38FN7O2/c1-3-28(40)38-17-16-37(19-23(38)11-13-33)30-25-10-9-22(39-15-12-21-6-4-8-26(32)29(21)39)18-27(25)34-31(35-30)41-20-24-7-5-14-36(24)2/h3-4,6,8,22-24H,1,5,7,9-12,14-20H2,2H3/t22-,23+,24+/m1/s1. The van der Waals surface area contributed by atoms with Gasteiger partial charge in [0.25, 0.3) is 0 Å². The molecule has 10 heteroatoms. The van der Waals surface area contributed by atoms with Gasteiger partial charge >= 0.3 is 6.01 Å². The predicted octanol–water partition coefficient (Wildman–Crippen LogP) is 3.13. The zero-order valence-electron chi connectivity index (χ0n) is 23.8. The van der Waals surface area contributed by atoms with Gasteiger partial charge < -0.3 is 24.3 Å². The molecule has 0 bridgehead atoms. The van der Waals surface area contributed by atoms with Crippen LogP contribution >= 0.6 is 0 Å². The molecular formula is C31H38FN7O2. The first-order valence-corrected chi connectivity index (χ1v) is 14.8. The number of likely N-dealkylation sites (tertiary alicyclic amines) is 1. The van der Waals surface area contributed by atoms with Gasteiger partial charge in [0, 0.05) is 50.2 Å². The van der Waals surface area contributed by atoms with Crippen LogP contribution in [0.3, 0.4) is 0 Å². The summed E-state index contributed by atoms with van der Waals surface area (Å²) < 4.78 is 21.2. The smallest absolute Gasteiger partial charge is 0.318 e. The number of nitriles is 1. The molecule has 6 rings (SSSR count). The monoisotopic (exact) mass is 559 g/mol. The van der Waals surface area contributed by atoms with Gasteiger partial charge in [0.2, 0.25) is 5.91 Å². The van der Waals surface area contributed by atoms with E-state index in [2.05, 4.69) is 34.4 Å². The number of benzene rings is 1. The van der Waals surface area contributed by atoms with Crippen molar-refractivity contribution in [2.45, 2.75) is 63.1 Å². The Labute approximate surface area is 241 Å². The molecule has 1 aromatic carbocycles. The lowest BCUT2D eigenvalue weighted by Gasteiger charge is -2.42. The Balaban J connectivity index is 1.30. The molecule has 216 valence electrons. The first-order chi connectivity index (χ1) is 20.0. The zero-order valence-corrected chi connectivity index (χ0v) is 23.8. The normalized spacial score (nSPS) is 24.1. The number of likely N-dealkylation sites (N-methyl/N-ethyl adjacent to an activating group) is 1. The number of amides is 1. The van der Waals surface area contributed by atoms with Crippen LogP contribution in [0, 0.1) is 17.1 Å². The van der Waals surface area contributed by atoms with Gasteiger partial charge in [0.1, 0.15) is 18.2 Å². The Morgan fingerprint density at radius 2 is 2.07 bits per heavy atom. The molecule has 1 amide bonds. The molecule has 2 fully saturated rings. The molecule has 3 atom stereocenters. The lowest BCUT2D eigenvalue weighted by molar-refractivity contribution is -0.128. The SMILES string of the molecule is C=CC(=O)N1CCN(c2nc(OC[C@@H]3CCCN3C)nc3c2CC[C@@H](N2CCc4cccc(F)c42)C3)C[C@@H]1CC#N. The Morgan fingerprint density at radius 1 is 1.20 bits per heavy atom. The van der Waals surface area contributed by atoms with Crippen LogP contribution in [0.15, 0.2) is 30.9 Å². The summed E-state index contributed by atoms with van der Waals surface area (Å²) in [5.41, 5.74) is 3.85. The molecule has 0 saturated carbocycles. The van der Waals surface area contributed by atoms with E-state index in [-0.39, 0.29) is 30.2 Å². The van der Waals surface area contributed by atoms with E-state index in [0.29, 0.717) is 44.7 Å². The van der Waals surface area contributed by atoms with E-state index in [1.807, 2.05) is 6.07 Å². The van der Waals surface area contributed by atoms with E-state index in [4.69, 9.17) is 14.7 Å². The number of hydrogen-bond donors (Lipinski definition) is 0. The first-order valence-electron chi connectivity index (χ1n) is 14.8. The fourth-order valence-electron chi connectivity index (χ4n) is 7.05. The zero-order chi connectivity index (χ0) is 28.5. The molecule has 0 N–H and O–H groups in total. The highest BCUT2D eigenvalue weighted by atomic mass is 19.1. The van der Waals surface area contributed by atoms with Gasteiger partial charge in [-0.15, -0.1) is 0 Å². The van der Waals surface area contributed by atoms with Crippen LogP contribution in [0.1, 0.15) is 42.5 Å². The molecule has 2 aromatic rings. The number of piperazine rings is 1. The number of aromatic nitrogens is 2. The maximum atomic E-state index is 14.9. The number of carbonyl (C=O) groups excluding carboxylic acids is 1. The summed E-state index contributed by atoms with van der Waals surface area (Å²) in [6.45, 7) is 7.64. The third-order valence-electron chi connectivity index (χ3n) is 9.27. The van der Waals surface area contributed by atoms with Crippen LogP contribution in [0.2, 0.25) is 0 Å². The van der Waals surface area contributed by atoms with Crippen LogP contribution in [-0.4, -0.2) is 90.2 Å². The molecule has 4 aliphatic rings. The Kier molecular flexibility index (Phi) is 7.80. The second-order valence-corrected chi connectivity index (χ2v) is 11.6. The number of carbonyl (C=O) groups is 1. The summed E-state index contributed by atoms with van der Waals surface area (Å²) in [7, 11) is 2.12. The van der Waals surface area contributed by atoms with Crippen molar-refractivity contribution in [1.29, 1.82) is 5.26 Å². The highest BCUT2D eigenvalue weighted by Crippen LogP contribution is 2.38. The van der Waals surface area contributed by atoms with Crippen molar-refractivity contribution < 1.29 is 13.9 Å². The molecule has 41 heavy (non-hydrogen) atoms. The van der Waals surface area contributed by atoms with Gasteiger partial charge in [-0.3, -0.25) is 4.79 Å². The first kappa shape index (κ1) is 27.5. The highest BCUT2D eigenvalue weighted by molar-refractivity contribution is 5.87. The number of hydrogen-bond acceptors (Lipinski definition) is 8. The van der Waals surface area contributed by atoms with Crippen LogP contribution in [0.5, 0.6) is 6.01 Å². The molecule has 0 unspecified atom stereocenters. The summed E-state index contributed by atoms with van der Waals surface area (Å²) in [5, 5.41) is 9.49. The minimum Gasteiger partial charge on any atom is -0.462 e. The lowest BCUT2D eigenvalue weighted by atomic mass is 9.90. The van der Waals surface area contributed by atoms with Crippen LogP contribution in [-0.2, 0) is 24.1 Å². The summed E-state index contributed by atoms with van der Waals surface area (Å²) in [5.74, 6) is 0.527. The molecule has 0 spiro atoms. The molecule has 4 heterocycles. The molecule has 9 nitrogen and oxygen atoms in total. The summed E-state index contributed by atoms with van der Waals surface area (Å²) in [6.07, 6.45) is 6.99. The van der Waals surface area contributed by atoms with Crippen molar-refractivity contribution in [1.82, 2.24) is 19.8 Å². The average molecular weight is 560 g/mol. The molecule has 1 aromatic heterocycles. The van der Waals surface area contributed by atoms with Gasteiger partial charge in [0.05, 0.1) is 29.9 Å². The lowest BCUT2D eigenvalue weighted by Crippen LogP contribution is -2.55. The number of nitrogens with zero attached hydrogens (tertiary/aromatic N) is 7. The largest absolute Gasteiger partial charge is 0.462 e. The van der Waals surface area contributed by atoms with Crippen molar-refractivity contribution in [3.8, 4) is 12.1 Å². The molecule has 3 aliphatic heterocycles. The third kappa shape index (κ3) is 5.35. The van der Waals surface area contributed by atoms with Gasteiger partial charge in [-0.1, -0.05) is 18.7 Å². The van der Waals surface area contributed by atoms with Crippen LogP contribution in [0.4, 0.5) is 15.9 Å². The summed E-state index contributed by atoms with van der Waals surface area (Å²) in [6, 6.07) is 8.21. The third-order valence-corrected chi connectivity index (χ3v) is 9.27. The highest BCUT2D eigenvalue weighted by Gasteiger charge is 2.36. The topological polar surface area (TPSA) is 88.8 Å². The van der Waals surface area contributed by atoms with Gasteiger partial charge in [-0.05, 0) is 63.4 Å². The maximum Gasteiger partial charge on any atom is 0.318 e. The Hall–Kier alpha value is -3.71. The minimum atomic E-state index is -0.248. The number of fused-ring (bicyclic) bond motifs is 2. The van der Waals surface area contributed by atoms with E-state index < -0.39 is 0 Å². The van der Waals surface area contributed by atoms with E-state index in [1.165, 1.54) is 6.08 Å². The molecule has 2 saturated heterocycles. The number of halogens is 1. The van der Waals surface area contributed by atoms with E-state index in [1.54, 1.807) is 17.0 Å². The second-order valence-electron chi connectivity index (χ2n) is 11.6. The minimum absolute atomic E-state index is 0.144. The number of rotatable bonds is 7. The van der Waals surface area contributed by atoms with Gasteiger partial charge in [-0.2, -0.15) is 15.2 Å². The van der Waals surface area contributed by atoms with E-state index in [0.717, 1.165) is 73.5 Å². The molecule has 1 aliphatic carbocycles. The van der Waals surface area contributed by atoms with Crippen LogP contribution in [0.25, 0.3) is 0 Å². The summed E-state index contributed by atoms with van der Waals surface area (Å²) >= 11 is 0. The summed E-state index contributed by atoms with van der Waals surface area (Å²) in [4.78, 5) is 30.9. The van der Waals surface area contributed by atoms with Gasteiger partial charge in [-0.25, -0.2) is 4.39 Å². The van der Waals surface area contributed by atoms with Crippen molar-refractivity contribution in [3.63, 3.8) is 0 Å². The Bertz CT molecular complexity index is 1360.